The molecule has 0 saturated heterocycles. The first kappa shape index (κ1) is 15.8. The molecule has 0 radical (unpaired) electrons. The zero-order chi connectivity index (χ0) is 14.1. The van der Waals surface area contributed by atoms with Crippen LogP contribution in [0.15, 0.2) is 30.3 Å². The molecule has 3 N–H and O–H groups in total. The van der Waals surface area contributed by atoms with Crippen LogP contribution in [-0.4, -0.2) is 6.04 Å². The third-order valence-corrected chi connectivity index (χ3v) is 4.29. The molecule has 1 aromatic rings. The van der Waals surface area contributed by atoms with Crippen LogP contribution in [0.3, 0.4) is 0 Å². The molecule has 0 saturated carbocycles. The van der Waals surface area contributed by atoms with E-state index in [1.165, 1.54) is 5.56 Å². The molecule has 1 rings (SSSR count). The van der Waals surface area contributed by atoms with Crippen molar-refractivity contribution in [3.8, 4) is 12.3 Å². The van der Waals surface area contributed by atoms with Crippen LogP contribution in [0.4, 0.5) is 0 Å². The first-order chi connectivity index (χ1) is 9.25. The predicted molar refractivity (Wildman–Crippen MR) is 82.5 cm³/mol. The van der Waals surface area contributed by atoms with E-state index in [0.717, 1.165) is 32.1 Å². The van der Waals surface area contributed by atoms with E-state index in [4.69, 9.17) is 12.3 Å². The lowest BCUT2D eigenvalue weighted by Crippen LogP contribution is -2.50. The molecule has 1 unspecified atom stereocenters. The van der Waals surface area contributed by atoms with E-state index >= 15 is 0 Å². The minimum atomic E-state index is 0.0879. The monoisotopic (exact) mass is 258 g/mol. The predicted octanol–water partition coefficient (Wildman–Crippen LogP) is 3.38. The zero-order valence-corrected chi connectivity index (χ0v) is 12.2. The Bertz CT molecular complexity index is 387. The van der Waals surface area contributed by atoms with Gasteiger partial charge in [0, 0.05) is 17.9 Å². The third kappa shape index (κ3) is 3.59. The number of hydrogen-bond acceptors (Lipinski definition) is 2. The Balaban J connectivity index is 2.99. The Hall–Kier alpha value is -1.30. The maximum atomic E-state index is 5.83. The summed E-state index contributed by atoms with van der Waals surface area (Å²) in [5, 5.41) is 0. The molecule has 0 heterocycles. The molecule has 0 spiro atoms. The first-order valence-corrected chi connectivity index (χ1v) is 7.20. The lowest BCUT2D eigenvalue weighted by atomic mass is 9.69. The van der Waals surface area contributed by atoms with Gasteiger partial charge in [0.15, 0.2) is 0 Å². The highest BCUT2D eigenvalue weighted by Crippen LogP contribution is 2.36. The molecule has 1 atom stereocenters. The Labute approximate surface area is 117 Å². The number of hydrazine groups is 1. The van der Waals surface area contributed by atoms with Crippen LogP contribution in [-0.2, 0) is 5.41 Å². The highest BCUT2D eigenvalue weighted by Gasteiger charge is 2.36. The highest BCUT2D eigenvalue weighted by molar-refractivity contribution is 5.27. The van der Waals surface area contributed by atoms with Gasteiger partial charge < -0.3 is 0 Å². The summed E-state index contributed by atoms with van der Waals surface area (Å²) in [6.07, 6.45) is 10.3. The highest BCUT2D eigenvalue weighted by atomic mass is 15.2. The van der Waals surface area contributed by atoms with Crippen LogP contribution in [0, 0.1) is 12.3 Å². The second-order valence-electron chi connectivity index (χ2n) is 5.04. The quantitative estimate of drug-likeness (QED) is 0.325. The van der Waals surface area contributed by atoms with E-state index < -0.39 is 0 Å². The van der Waals surface area contributed by atoms with E-state index in [1.54, 1.807) is 0 Å². The Morgan fingerprint density at radius 1 is 1.26 bits per heavy atom. The lowest BCUT2D eigenvalue weighted by molar-refractivity contribution is 0.257. The summed E-state index contributed by atoms with van der Waals surface area (Å²) >= 11 is 0. The van der Waals surface area contributed by atoms with Gasteiger partial charge in [-0.15, -0.1) is 12.3 Å². The van der Waals surface area contributed by atoms with E-state index in [9.17, 15) is 0 Å². The van der Waals surface area contributed by atoms with Crippen molar-refractivity contribution in [3.05, 3.63) is 35.9 Å². The smallest absolute Gasteiger partial charge is 0.0307 e. The second kappa shape index (κ2) is 7.99. The summed E-state index contributed by atoms with van der Waals surface area (Å²) < 4.78 is 0. The van der Waals surface area contributed by atoms with Crippen LogP contribution in [0.1, 0.15) is 51.5 Å². The molecule has 2 heteroatoms. The number of hydrogen-bond donors (Lipinski definition) is 2. The van der Waals surface area contributed by atoms with Gasteiger partial charge >= 0.3 is 0 Å². The molecule has 0 aliphatic carbocycles. The van der Waals surface area contributed by atoms with Crippen molar-refractivity contribution in [2.45, 2.75) is 57.4 Å². The van der Waals surface area contributed by atoms with Crippen LogP contribution >= 0.6 is 0 Å². The van der Waals surface area contributed by atoms with Gasteiger partial charge in [-0.3, -0.25) is 11.3 Å². The molecule has 0 aromatic heterocycles. The molecule has 104 valence electrons. The van der Waals surface area contributed by atoms with E-state index in [1.807, 2.05) is 0 Å². The van der Waals surface area contributed by atoms with Crippen LogP contribution in [0.2, 0.25) is 0 Å². The summed E-state index contributed by atoms with van der Waals surface area (Å²) in [4.78, 5) is 0. The maximum Gasteiger partial charge on any atom is 0.0307 e. The Morgan fingerprint density at radius 3 is 2.37 bits per heavy atom. The van der Waals surface area contributed by atoms with Crippen molar-refractivity contribution in [3.63, 3.8) is 0 Å². The van der Waals surface area contributed by atoms with Gasteiger partial charge in [-0.25, -0.2) is 0 Å². The fraction of sp³-hybridized carbons (Fsp3) is 0.529. The Morgan fingerprint density at radius 2 is 1.89 bits per heavy atom. The van der Waals surface area contributed by atoms with Gasteiger partial charge in [-0.05, 0) is 31.2 Å². The minimum absolute atomic E-state index is 0.0879. The zero-order valence-electron chi connectivity index (χ0n) is 12.2. The standard InChI is InChI=1S/C17H26N2/c1-4-7-9-14-16(19-18)17(5-2,6-3)15-12-10-8-11-13-15/h1,8,10-13,16,19H,5-7,9,14,18H2,2-3H3. The number of terminal acetylenes is 1. The SMILES string of the molecule is C#CCCCC(NN)C(CC)(CC)c1ccccc1. The largest absolute Gasteiger partial charge is 0.271 e. The number of nitrogens with two attached hydrogens (primary N) is 1. The summed E-state index contributed by atoms with van der Waals surface area (Å²) in [6, 6.07) is 10.9. The van der Waals surface area contributed by atoms with Crippen molar-refractivity contribution in [2.75, 3.05) is 0 Å². The summed E-state index contributed by atoms with van der Waals surface area (Å²) in [5.74, 6) is 8.53. The molecule has 0 aliphatic heterocycles. The average Bonchev–Trinajstić information content (AvgIpc) is 2.48. The topological polar surface area (TPSA) is 38.0 Å². The molecule has 2 nitrogen and oxygen atoms in total. The third-order valence-electron chi connectivity index (χ3n) is 4.29. The molecule has 0 aliphatic rings. The average molecular weight is 258 g/mol. The minimum Gasteiger partial charge on any atom is -0.271 e. The number of nitrogens with one attached hydrogen (secondary N) is 1. The first-order valence-electron chi connectivity index (χ1n) is 7.20. The van der Waals surface area contributed by atoms with Gasteiger partial charge in [0.25, 0.3) is 0 Å². The van der Waals surface area contributed by atoms with Crippen molar-refractivity contribution in [1.82, 2.24) is 5.43 Å². The number of benzene rings is 1. The molecule has 0 amide bonds. The molecular formula is C17H26N2. The number of unbranched alkanes of at least 4 members (excludes halogenated alkanes) is 1. The van der Waals surface area contributed by atoms with E-state index in [2.05, 4.69) is 55.5 Å². The van der Waals surface area contributed by atoms with Gasteiger partial charge in [-0.2, -0.15) is 0 Å². The molecular weight excluding hydrogens is 232 g/mol. The fourth-order valence-electron chi connectivity index (χ4n) is 3.05. The number of rotatable bonds is 8. The molecule has 1 aromatic carbocycles. The van der Waals surface area contributed by atoms with Gasteiger partial charge in [0.1, 0.15) is 0 Å². The maximum absolute atomic E-state index is 5.83. The van der Waals surface area contributed by atoms with E-state index in [-0.39, 0.29) is 11.5 Å². The van der Waals surface area contributed by atoms with Crippen LogP contribution in [0.5, 0.6) is 0 Å². The van der Waals surface area contributed by atoms with Gasteiger partial charge in [0.2, 0.25) is 0 Å². The van der Waals surface area contributed by atoms with Gasteiger partial charge in [-0.1, -0.05) is 44.2 Å². The van der Waals surface area contributed by atoms with Crippen molar-refractivity contribution in [1.29, 1.82) is 0 Å². The lowest BCUT2D eigenvalue weighted by Gasteiger charge is -2.40. The van der Waals surface area contributed by atoms with Gasteiger partial charge in [0.05, 0.1) is 0 Å². The second-order valence-corrected chi connectivity index (χ2v) is 5.04. The molecule has 0 bridgehead atoms. The molecule has 19 heavy (non-hydrogen) atoms. The molecule has 0 fully saturated rings. The van der Waals surface area contributed by atoms with Crippen molar-refractivity contribution in [2.24, 2.45) is 5.84 Å². The van der Waals surface area contributed by atoms with Crippen LogP contribution < -0.4 is 11.3 Å². The van der Waals surface area contributed by atoms with Crippen molar-refractivity contribution >= 4 is 0 Å². The van der Waals surface area contributed by atoms with Crippen molar-refractivity contribution < 1.29 is 0 Å². The van der Waals surface area contributed by atoms with E-state index in [0.29, 0.717) is 0 Å². The summed E-state index contributed by atoms with van der Waals surface area (Å²) in [5.41, 5.74) is 4.49. The normalized spacial score (nSPS) is 12.9. The Kier molecular flexibility index (Phi) is 6.62. The summed E-state index contributed by atoms with van der Waals surface area (Å²) in [6.45, 7) is 4.48. The summed E-state index contributed by atoms with van der Waals surface area (Å²) in [7, 11) is 0. The van der Waals surface area contributed by atoms with Crippen LogP contribution in [0.25, 0.3) is 0 Å². The fourth-order valence-corrected chi connectivity index (χ4v) is 3.05.